The second-order valence-corrected chi connectivity index (χ2v) is 2.90. The zero-order chi connectivity index (χ0) is 8.97. The van der Waals surface area contributed by atoms with E-state index < -0.39 is 0 Å². The standard InChI is InChI=1S/C9H15N3/c1-7(11)9(5-10)8-3-2-4-12-6-8/h3,5,11-12H,2,4,6,10H2,1H3/b9-5+,11-7?. The molecule has 3 heteroatoms. The number of hydrogen-bond acceptors (Lipinski definition) is 3. The van der Waals surface area contributed by atoms with Crippen molar-refractivity contribution in [3.63, 3.8) is 0 Å². The van der Waals surface area contributed by atoms with Crippen molar-refractivity contribution in [2.75, 3.05) is 13.1 Å². The number of rotatable bonds is 2. The van der Waals surface area contributed by atoms with Crippen molar-refractivity contribution in [2.45, 2.75) is 13.3 Å². The van der Waals surface area contributed by atoms with E-state index in [0.717, 1.165) is 30.7 Å². The largest absolute Gasteiger partial charge is 0.404 e. The van der Waals surface area contributed by atoms with Crippen LogP contribution in [0.5, 0.6) is 0 Å². The van der Waals surface area contributed by atoms with Crippen LogP contribution in [0.1, 0.15) is 13.3 Å². The van der Waals surface area contributed by atoms with Crippen LogP contribution in [0.15, 0.2) is 23.4 Å². The highest BCUT2D eigenvalue weighted by molar-refractivity contribution is 5.99. The molecule has 0 saturated heterocycles. The lowest BCUT2D eigenvalue weighted by molar-refractivity contribution is 0.709. The molecule has 1 aliphatic rings. The normalized spacial score (nSPS) is 18.8. The van der Waals surface area contributed by atoms with Crippen LogP contribution in [0.4, 0.5) is 0 Å². The SMILES string of the molecule is CC(=N)/C(=C\N)C1=CCCNC1. The van der Waals surface area contributed by atoms with Gasteiger partial charge < -0.3 is 16.5 Å². The molecule has 0 aromatic heterocycles. The summed E-state index contributed by atoms with van der Waals surface area (Å²) < 4.78 is 0. The topological polar surface area (TPSA) is 61.9 Å². The van der Waals surface area contributed by atoms with Crippen LogP contribution >= 0.6 is 0 Å². The lowest BCUT2D eigenvalue weighted by Crippen LogP contribution is -2.24. The Morgan fingerprint density at radius 2 is 2.50 bits per heavy atom. The average Bonchev–Trinajstić information content (AvgIpc) is 2.07. The summed E-state index contributed by atoms with van der Waals surface area (Å²) in [6, 6.07) is 0. The van der Waals surface area contributed by atoms with E-state index in [2.05, 4.69) is 11.4 Å². The molecule has 0 spiro atoms. The van der Waals surface area contributed by atoms with Crippen molar-refractivity contribution in [3.8, 4) is 0 Å². The van der Waals surface area contributed by atoms with Gasteiger partial charge in [0.25, 0.3) is 0 Å². The summed E-state index contributed by atoms with van der Waals surface area (Å²) in [6.45, 7) is 3.62. The first-order valence-electron chi connectivity index (χ1n) is 4.13. The van der Waals surface area contributed by atoms with Crippen LogP contribution < -0.4 is 11.1 Å². The smallest absolute Gasteiger partial charge is 0.0372 e. The van der Waals surface area contributed by atoms with Gasteiger partial charge in [-0.15, -0.1) is 0 Å². The molecule has 0 atom stereocenters. The van der Waals surface area contributed by atoms with E-state index in [1.807, 2.05) is 0 Å². The van der Waals surface area contributed by atoms with Gasteiger partial charge in [0.1, 0.15) is 0 Å². The van der Waals surface area contributed by atoms with E-state index in [1.54, 1.807) is 6.92 Å². The fourth-order valence-electron chi connectivity index (χ4n) is 1.32. The minimum atomic E-state index is 0.535. The van der Waals surface area contributed by atoms with Crippen molar-refractivity contribution in [1.82, 2.24) is 5.32 Å². The number of hydrogen-bond donors (Lipinski definition) is 3. The van der Waals surface area contributed by atoms with Gasteiger partial charge in [0.2, 0.25) is 0 Å². The van der Waals surface area contributed by atoms with Gasteiger partial charge in [-0.05, 0) is 25.5 Å². The first-order chi connectivity index (χ1) is 5.75. The minimum absolute atomic E-state index is 0.535. The molecule has 1 heterocycles. The minimum Gasteiger partial charge on any atom is -0.404 e. The van der Waals surface area contributed by atoms with Crippen molar-refractivity contribution < 1.29 is 0 Å². The maximum Gasteiger partial charge on any atom is 0.0372 e. The number of nitrogens with one attached hydrogen (secondary N) is 2. The Morgan fingerprint density at radius 3 is 2.92 bits per heavy atom. The quantitative estimate of drug-likeness (QED) is 0.530. The first kappa shape index (κ1) is 9.00. The zero-order valence-corrected chi connectivity index (χ0v) is 7.35. The molecule has 0 bridgehead atoms. The van der Waals surface area contributed by atoms with E-state index in [4.69, 9.17) is 11.1 Å². The van der Waals surface area contributed by atoms with Crippen LogP contribution in [-0.4, -0.2) is 18.8 Å². The molecule has 1 aliphatic heterocycles. The van der Waals surface area contributed by atoms with Gasteiger partial charge in [-0.25, -0.2) is 0 Å². The van der Waals surface area contributed by atoms with E-state index in [0.29, 0.717) is 5.71 Å². The summed E-state index contributed by atoms with van der Waals surface area (Å²) in [7, 11) is 0. The molecule has 66 valence electrons. The Kier molecular flexibility index (Phi) is 3.05. The maximum absolute atomic E-state index is 7.47. The molecular weight excluding hydrogens is 150 g/mol. The molecule has 0 saturated carbocycles. The molecule has 0 radical (unpaired) electrons. The lowest BCUT2D eigenvalue weighted by atomic mass is 10.00. The third-order valence-corrected chi connectivity index (χ3v) is 1.94. The molecule has 0 unspecified atom stereocenters. The van der Waals surface area contributed by atoms with Crippen molar-refractivity contribution in [3.05, 3.63) is 23.4 Å². The molecule has 4 N–H and O–H groups in total. The van der Waals surface area contributed by atoms with Crippen LogP contribution in [0.2, 0.25) is 0 Å². The first-order valence-corrected chi connectivity index (χ1v) is 4.13. The van der Waals surface area contributed by atoms with Gasteiger partial charge >= 0.3 is 0 Å². The number of nitrogens with two attached hydrogens (primary N) is 1. The van der Waals surface area contributed by atoms with E-state index in [9.17, 15) is 0 Å². The van der Waals surface area contributed by atoms with Crippen molar-refractivity contribution in [2.24, 2.45) is 5.73 Å². The summed E-state index contributed by atoms with van der Waals surface area (Å²) in [5.74, 6) is 0. The Labute approximate surface area is 72.8 Å². The third-order valence-electron chi connectivity index (χ3n) is 1.94. The summed E-state index contributed by atoms with van der Waals surface area (Å²) in [6.07, 6.45) is 4.69. The Balaban J connectivity index is 2.79. The fraction of sp³-hybridized carbons (Fsp3) is 0.444. The highest BCUT2D eigenvalue weighted by atomic mass is 14.9. The summed E-state index contributed by atoms with van der Waals surface area (Å²) >= 11 is 0. The lowest BCUT2D eigenvalue weighted by Gasteiger charge is -2.15. The zero-order valence-electron chi connectivity index (χ0n) is 7.35. The maximum atomic E-state index is 7.47. The molecule has 12 heavy (non-hydrogen) atoms. The van der Waals surface area contributed by atoms with Crippen LogP contribution in [0.25, 0.3) is 0 Å². The Bertz CT molecular complexity index is 238. The van der Waals surface area contributed by atoms with Gasteiger partial charge in [0.15, 0.2) is 0 Å². The van der Waals surface area contributed by atoms with E-state index in [-0.39, 0.29) is 0 Å². The van der Waals surface area contributed by atoms with Gasteiger partial charge in [0.05, 0.1) is 0 Å². The summed E-state index contributed by atoms with van der Waals surface area (Å²) in [5, 5.41) is 10.7. The molecule has 0 amide bonds. The second-order valence-electron chi connectivity index (χ2n) is 2.90. The average molecular weight is 165 g/mol. The predicted molar refractivity (Wildman–Crippen MR) is 51.2 cm³/mol. The molecule has 0 fully saturated rings. The highest BCUT2D eigenvalue weighted by Crippen LogP contribution is 2.12. The van der Waals surface area contributed by atoms with Gasteiger partial charge in [-0.2, -0.15) is 0 Å². The predicted octanol–water partition coefficient (Wildman–Crippen LogP) is 0.788. The van der Waals surface area contributed by atoms with Crippen molar-refractivity contribution >= 4 is 5.71 Å². The summed E-state index contributed by atoms with van der Waals surface area (Å²) in [4.78, 5) is 0. The van der Waals surface area contributed by atoms with E-state index in [1.165, 1.54) is 6.20 Å². The molecule has 0 aliphatic carbocycles. The summed E-state index contributed by atoms with van der Waals surface area (Å²) in [5.41, 5.74) is 7.98. The molecule has 3 nitrogen and oxygen atoms in total. The van der Waals surface area contributed by atoms with Crippen LogP contribution in [0, 0.1) is 5.41 Å². The van der Waals surface area contributed by atoms with E-state index >= 15 is 0 Å². The molecule has 1 rings (SSSR count). The highest BCUT2D eigenvalue weighted by Gasteiger charge is 2.08. The van der Waals surface area contributed by atoms with Gasteiger partial charge in [-0.3, -0.25) is 0 Å². The fourth-order valence-corrected chi connectivity index (χ4v) is 1.32. The molecule has 0 aromatic carbocycles. The third kappa shape index (κ3) is 1.95. The van der Waals surface area contributed by atoms with Gasteiger partial charge in [0, 0.05) is 24.0 Å². The Hall–Kier alpha value is -1.09. The van der Waals surface area contributed by atoms with Gasteiger partial charge in [-0.1, -0.05) is 6.08 Å². The molecule has 0 aromatic rings. The van der Waals surface area contributed by atoms with Crippen molar-refractivity contribution in [1.29, 1.82) is 5.41 Å². The second kappa shape index (κ2) is 4.07. The monoisotopic (exact) mass is 165 g/mol. The van der Waals surface area contributed by atoms with Crippen LogP contribution in [0.3, 0.4) is 0 Å². The molecular formula is C9H15N3. The van der Waals surface area contributed by atoms with Crippen LogP contribution in [-0.2, 0) is 0 Å². The Morgan fingerprint density at radius 1 is 1.75 bits per heavy atom.